The van der Waals surface area contributed by atoms with Crippen LogP contribution in [0.5, 0.6) is 0 Å². The van der Waals surface area contributed by atoms with E-state index < -0.39 is 0 Å². The Morgan fingerprint density at radius 1 is 1.00 bits per heavy atom. The first kappa shape index (κ1) is 15.8. The lowest BCUT2D eigenvalue weighted by Gasteiger charge is -2.19. The van der Waals surface area contributed by atoms with E-state index in [1.54, 1.807) is 0 Å². The van der Waals surface area contributed by atoms with Gasteiger partial charge in [-0.05, 0) is 33.6 Å². The fraction of sp³-hybridized carbons (Fsp3) is 0.923. The topological polar surface area (TPSA) is 26.3 Å². The molecule has 3 heteroatoms. The summed E-state index contributed by atoms with van der Waals surface area (Å²) in [5.74, 6) is 0.686. The predicted octanol–water partition coefficient (Wildman–Crippen LogP) is 4.30. The molecular formula is C13H25ClO2. The number of carbonyl (C=O) groups is 1. The van der Waals surface area contributed by atoms with E-state index in [9.17, 15) is 4.79 Å². The highest BCUT2D eigenvalue weighted by molar-refractivity contribution is 6.17. The van der Waals surface area contributed by atoms with Crippen LogP contribution in [0.1, 0.15) is 65.7 Å². The summed E-state index contributed by atoms with van der Waals surface area (Å²) in [6.07, 6.45) is 7.33. The smallest absolute Gasteiger partial charge is 0.306 e. The highest BCUT2D eigenvalue weighted by Crippen LogP contribution is 2.12. The maximum absolute atomic E-state index is 11.4. The molecule has 0 N–H and O–H groups in total. The molecule has 0 aliphatic rings. The summed E-state index contributed by atoms with van der Waals surface area (Å²) in [6.45, 7) is 5.70. The first-order valence-electron chi connectivity index (χ1n) is 6.23. The summed E-state index contributed by atoms with van der Waals surface area (Å²) in [7, 11) is 0. The van der Waals surface area contributed by atoms with Gasteiger partial charge in [0.05, 0.1) is 0 Å². The monoisotopic (exact) mass is 248 g/mol. The third-order valence-corrected chi connectivity index (χ3v) is 2.45. The van der Waals surface area contributed by atoms with Crippen molar-refractivity contribution in [1.29, 1.82) is 0 Å². The van der Waals surface area contributed by atoms with Crippen molar-refractivity contribution >= 4 is 17.6 Å². The number of halogens is 1. The lowest BCUT2D eigenvalue weighted by Crippen LogP contribution is -2.23. The van der Waals surface area contributed by atoms with Gasteiger partial charge >= 0.3 is 5.97 Å². The van der Waals surface area contributed by atoms with Gasteiger partial charge in [0.1, 0.15) is 5.60 Å². The molecule has 0 rings (SSSR count). The van der Waals surface area contributed by atoms with Gasteiger partial charge in [-0.25, -0.2) is 0 Å². The van der Waals surface area contributed by atoms with E-state index >= 15 is 0 Å². The summed E-state index contributed by atoms with van der Waals surface area (Å²) < 4.78 is 5.23. The van der Waals surface area contributed by atoms with Gasteiger partial charge in [-0.2, -0.15) is 0 Å². The van der Waals surface area contributed by atoms with Crippen molar-refractivity contribution in [3.05, 3.63) is 0 Å². The third-order valence-electron chi connectivity index (χ3n) is 2.18. The maximum Gasteiger partial charge on any atom is 0.306 e. The molecule has 0 amide bonds. The second-order valence-electron chi connectivity index (χ2n) is 5.15. The molecule has 96 valence electrons. The fourth-order valence-corrected chi connectivity index (χ4v) is 1.65. The van der Waals surface area contributed by atoms with E-state index in [0.717, 1.165) is 25.1 Å². The van der Waals surface area contributed by atoms with E-state index in [1.807, 2.05) is 20.8 Å². The average Bonchev–Trinajstić information content (AvgIpc) is 2.13. The first-order valence-corrected chi connectivity index (χ1v) is 6.77. The molecule has 0 saturated carbocycles. The Labute approximate surface area is 105 Å². The Morgan fingerprint density at radius 3 is 2.00 bits per heavy atom. The van der Waals surface area contributed by atoms with Gasteiger partial charge in [-0.1, -0.05) is 25.7 Å². The Morgan fingerprint density at radius 2 is 1.50 bits per heavy atom. The molecule has 0 aromatic rings. The first-order chi connectivity index (χ1) is 7.45. The molecule has 0 aromatic carbocycles. The molecule has 16 heavy (non-hydrogen) atoms. The molecule has 0 aromatic heterocycles. The number of unbranched alkanes of at least 4 members (excludes halogenated alkanes) is 5. The van der Waals surface area contributed by atoms with Gasteiger partial charge in [0.2, 0.25) is 0 Å². The zero-order valence-electron chi connectivity index (χ0n) is 10.9. The molecule has 0 bridgehead atoms. The van der Waals surface area contributed by atoms with Crippen LogP contribution in [-0.4, -0.2) is 17.5 Å². The molecule has 2 nitrogen and oxygen atoms in total. The summed E-state index contributed by atoms with van der Waals surface area (Å²) in [5.41, 5.74) is -0.350. The molecule has 0 fully saturated rings. The quantitative estimate of drug-likeness (QED) is 0.364. The highest BCUT2D eigenvalue weighted by Gasteiger charge is 2.15. The minimum absolute atomic E-state index is 0.0757. The normalized spacial score (nSPS) is 11.5. The van der Waals surface area contributed by atoms with Gasteiger partial charge in [0.25, 0.3) is 0 Å². The summed E-state index contributed by atoms with van der Waals surface area (Å²) in [6, 6.07) is 0. The van der Waals surface area contributed by atoms with Crippen molar-refractivity contribution in [2.75, 3.05) is 5.88 Å². The molecule has 0 spiro atoms. The van der Waals surface area contributed by atoms with Crippen LogP contribution in [0.2, 0.25) is 0 Å². The number of carbonyl (C=O) groups excluding carboxylic acids is 1. The molecular weight excluding hydrogens is 224 g/mol. The van der Waals surface area contributed by atoms with Gasteiger partial charge in [0, 0.05) is 12.3 Å². The standard InChI is InChI=1S/C13H25ClO2/c1-13(2,3)16-12(15)10-8-6-4-5-7-9-11-14/h4-11H2,1-3H3. The SMILES string of the molecule is CC(C)(C)OC(=O)CCCCCCCCCl. The van der Waals surface area contributed by atoms with E-state index in [0.29, 0.717) is 6.42 Å². The van der Waals surface area contributed by atoms with Crippen LogP contribution in [-0.2, 0) is 9.53 Å². The van der Waals surface area contributed by atoms with Gasteiger partial charge in [-0.3, -0.25) is 4.79 Å². The second kappa shape index (κ2) is 8.86. The minimum Gasteiger partial charge on any atom is -0.460 e. The van der Waals surface area contributed by atoms with Crippen molar-refractivity contribution in [2.24, 2.45) is 0 Å². The predicted molar refractivity (Wildman–Crippen MR) is 68.9 cm³/mol. The van der Waals surface area contributed by atoms with Crippen molar-refractivity contribution < 1.29 is 9.53 Å². The average molecular weight is 249 g/mol. The number of ether oxygens (including phenoxy) is 1. The lowest BCUT2D eigenvalue weighted by atomic mass is 10.1. The summed E-state index contributed by atoms with van der Waals surface area (Å²) in [4.78, 5) is 11.4. The number of esters is 1. The van der Waals surface area contributed by atoms with Crippen LogP contribution in [0.3, 0.4) is 0 Å². The largest absolute Gasteiger partial charge is 0.460 e. The molecule has 0 aliphatic heterocycles. The molecule has 0 unspecified atom stereocenters. The van der Waals surface area contributed by atoms with Crippen LogP contribution in [0, 0.1) is 0 Å². The van der Waals surface area contributed by atoms with Gasteiger partial charge < -0.3 is 4.74 Å². The van der Waals surface area contributed by atoms with E-state index in [-0.39, 0.29) is 11.6 Å². The Kier molecular flexibility index (Phi) is 8.73. The maximum atomic E-state index is 11.4. The number of rotatable bonds is 8. The second-order valence-corrected chi connectivity index (χ2v) is 5.52. The van der Waals surface area contributed by atoms with Crippen molar-refractivity contribution in [2.45, 2.75) is 71.3 Å². The van der Waals surface area contributed by atoms with Crippen LogP contribution in [0.15, 0.2) is 0 Å². The van der Waals surface area contributed by atoms with E-state index in [2.05, 4.69) is 0 Å². The third kappa shape index (κ3) is 11.8. The summed E-state index contributed by atoms with van der Waals surface area (Å²) >= 11 is 5.58. The van der Waals surface area contributed by atoms with Crippen molar-refractivity contribution in [1.82, 2.24) is 0 Å². The van der Waals surface area contributed by atoms with Crippen molar-refractivity contribution in [3.63, 3.8) is 0 Å². The Bertz CT molecular complexity index is 185. The molecule has 0 heterocycles. The minimum atomic E-state index is -0.350. The van der Waals surface area contributed by atoms with E-state index in [4.69, 9.17) is 16.3 Å². The molecule has 0 aliphatic carbocycles. The Balaban J connectivity index is 3.28. The fourth-order valence-electron chi connectivity index (χ4n) is 1.46. The highest BCUT2D eigenvalue weighted by atomic mass is 35.5. The zero-order valence-corrected chi connectivity index (χ0v) is 11.6. The molecule has 0 atom stereocenters. The van der Waals surface area contributed by atoms with Crippen LogP contribution in [0.4, 0.5) is 0 Å². The van der Waals surface area contributed by atoms with E-state index in [1.165, 1.54) is 19.3 Å². The molecule has 0 radical (unpaired) electrons. The van der Waals surface area contributed by atoms with Crippen LogP contribution < -0.4 is 0 Å². The van der Waals surface area contributed by atoms with Gasteiger partial charge in [-0.15, -0.1) is 11.6 Å². The zero-order chi connectivity index (χ0) is 12.4. The number of hydrogen-bond acceptors (Lipinski definition) is 2. The number of hydrogen-bond donors (Lipinski definition) is 0. The van der Waals surface area contributed by atoms with Crippen LogP contribution >= 0.6 is 11.6 Å². The Hall–Kier alpha value is -0.240. The molecule has 0 saturated heterocycles. The van der Waals surface area contributed by atoms with Crippen molar-refractivity contribution in [3.8, 4) is 0 Å². The van der Waals surface area contributed by atoms with Gasteiger partial charge in [0.15, 0.2) is 0 Å². The summed E-state index contributed by atoms with van der Waals surface area (Å²) in [5, 5.41) is 0. The van der Waals surface area contributed by atoms with Crippen LogP contribution in [0.25, 0.3) is 0 Å². The lowest BCUT2D eigenvalue weighted by molar-refractivity contribution is -0.154. The number of alkyl halides is 1.